The molecule has 5 rings (SSSR count). The Labute approximate surface area is 151 Å². The van der Waals surface area contributed by atoms with Gasteiger partial charge in [0.05, 0.1) is 17.5 Å². The van der Waals surface area contributed by atoms with Crippen molar-refractivity contribution in [1.29, 1.82) is 0 Å². The molecule has 1 saturated heterocycles. The fourth-order valence-corrected chi connectivity index (χ4v) is 3.99. The summed E-state index contributed by atoms with van der Waals surface area (Å²) in [4.78, 5) is 19.6. The van der Waals surface area contributed by atoms with E-state index in [1.807, 2.05) is 54.7 Å². The van der Waals surface area contributed by atoms with E-state index in [4.69, 9.17) is 4.98 Å². The number of pyridine rings is 1. The average Bonchev–Trinajstić information content (AvgIpc) is 3.42. The van der Waals surface area contributed by atoms with Crippen LogP contribution in [0.1, 0.15) is 40.6 Å². The van der Waals surface area contributed by atoms with E-state index < -0.39 is 0 Å². The first kappa shape index (κ1) is 15.6. The van der Waals surface area contributed by atoms with Crippen molar-refractivity contribution in [2.24, 2.45) is 0 Å². The van der Waals surface area contributed by atoms with Crippen molar-refractivity contribution in [3.05, 3.63) is 71.8 Å². The number of rotatable bonds is 4. The van der Waals surface area contributed by atoms with E-state index in [9.17, 15) is 9.90 Å². The van der Waals surface area contributed by atoms with Gasteiger partial charge >= 0.3 is 0 Å². The number of hydrogen-bond acceptors (Lipinski definition) is 3. The molecule has 1 aliphatic carbocycles. The third kappa shape index (κ3) is 2.27. The van der Waals surface area contributed by atoms with E-state index in [0.717, 1.165) is 29.7 Å². The fraction of sp³-hybridized carbons (Fsp3) is 0.333. The monoisotopic (exact) mass is 347 g/mol. The van der Waals surface area contributed by atoms with Crippen LogP contribution in [0.3, 0.4) is 0 Å². The molecule has 1 amide bonds. The summed E-state index contributed by atoms with van der Waals surface area (Å²) in [6.07, 6.45) is 4.28. The van der Waals surface area contributed by atoms with Crippen LogP contribution in [0.15, 0.2) is 54.7 Å². The van der Waals surface area contributed by atoms with Crippen molar-refractivity contribution >= 4 is 11.4 Å². The Morgan fingerprint density at radius 3 is 2.54 bits per heavy atom. The molecule has 1 aromatic carbocycles. The van der Waals surface area contributed by atoms with Gasteiger partial charge in [-0.25, -0.2) is 4.98 Å². The molecule has 1 aliphatic heterocycles. The smallest absolute Gasteiger partial charge is 0.274 e. The number of aliphatic hydroxyl groups is 1. The molecular formula is C21H21N3O2. The lowest BCUT2D eigenvalue weighted by atomic mass is 9.74. The number of carbonyl (C=O) groups is 1. The van der Waals surface area contributed by atoms with Crippen LogP contribution in [0.25, 0.3) is 5.52 Å². The number of benzene rings is 1. The molecule has 0 atom stereocenters. The second-order valence-electron chi connectivity index (χ2n) is 7.51. The lowest BCUT2D eigenvalue weighted by Crippen LogP contribution is -2.63. The van der Waals surface area contributed by atoms with E-state index in [0.29, 0.717) is 24.7 Å². The van der Waals surface area contributed by atoms with Gasteiger partial charge in [0, 0.05) is 25.2 Å². The zero-order chi connectivity index (χ0) is 17.7. The summed E-state index contributed by atoms with van der Waals surface area (Å²) in [7, 11) is 0. The van der Waals surface area contributed by atoms with Crippen molar-refractivity contribution in [3.63, 3.8) is 0 Å². The number of hydrogen-bond donors (Lipinski definition) is 1. The van der Waals surface area contributed by atoms with Gasteiger partial charge in [0.25, 0.3) is 5.91 Å². The molecule has 2 fully saturated rings. The first-order chi connectivity index (χ1) is 12.7. The lowest BCUT2D eigenvalue weighted by molar-refractivity contribution is 0.0176. The van der Waals surface area contributed by atoms with Gasteiger partial charge in [-0.3, -0.25) is 4.79 Å². The van der Waals surface area contributed by atoms with E-state index in [1.165, 1.54) is 0 Å². The van der Waals surface area contributed by atoms with E-state index >= 15 is 0 Å². The molecule has 1 saturated carbocycles. The molecule has 2 aliphatic rings. The number of likely N-dealkylation sites (tertiary alicyclic amines) is 1. The molecule has 0 unspecified atom stereocenters. The zero-order valence-corrected chi connectivity index (χ0v) is 14.5. The maximum atomic E-state index is 13.1. The molecule has 0 spiro atoms. The van der Waals surface area contributed by atoms with Crippen LogP contribution in [-0.2, 0) is 5.41 Å². The van der Waals surface area contributed by atoms with Gasteiger partial charge in [-0.2, -0.15) is 0 Å². The Balaban J connectivity index is 1.45. The summed E-state index contributed by atoms with van der Waals surface area (Å²) in [6, 6.07) is 15.8. The van der Waals surface area contributed by atoms with Gasteiger partial charge in [0.2, 0.25) is 0 Å². The third-order valence-electron chi connectivity index (χ3n) is 5.68. The van der Waals surface area contributed by atoms with Crippen LogP contribution in [0.5, 0.6) is 0 Å². The van der Waals surface area contributed by atoms with Crippen LogP contribution in [-0.4, -0.2) is 45.0 Å². The van der Waals surface area contributed by atoms with Crippen molar-refractivity contribution in [3.8, 4) is 0 Å². The second-order valence-corrected chi connectivity index (χ2v) is 7.51. The molecule has 1 N–H and O–H groups in total. The fourth-order valence-electron chi connectivity index (χ4n) is 3.99. The number of amides is 1. The predicted molar refractivity (Wildman–Crippen MR) is 98.3 cm³/mol. The summed E-state index contributed by atoms with van der Waals surface area (Å²) in [5, 5.41) is 9.96. The average molecular weight is 347 g/mol. The highest BCUT2D eigenvalue weighted by atomic mass is 16.3. The van der Waals surface area contributed by atoms with Gasteiger partial charge in [-0.1, -0.05) is 36.4 Å². The van der Waals surface area contributed by atoms with Crippen LogP contribution >= 0.6 is 0 Å². The summed E-state index contributed by atoms with van der Waals surface area (Å²) in [5.74, 6) is 1.44. The van der Waals surface area contributed by atoms with Gasteiger partial charge < -0.3 is 14.4 Å². The number of fused-ring (bicyclic) bond motifs is 1. The van der Waals surface area contributed by atoms with Crippen molar-refractivity contribution < 1.29 is 9.90 Å². The van der Waals surface area contributed by atoms with Gasteiger partial charge in [-0.15, -0.1) is 0 Å². The second kappa shape index (κ2) is 5.68. The minimum Gasteiger partial charge on any atom is -0.395 e. The number of nitrogens with zero attached hydrogens (tertiary/aromatic N) is 3. The molecule has 5 heteroatoms. The van der Waals surface area contributed by atoms with E-state index in [-0.39, 0.29) is 17.9 Å². The Morgan fingerprint density at radius 1 is 1.12 bits per heavy atom. The van der Waals surface area contributed by atoms with Crippen LogP contribution in [0.2, 0.25) is 0 Å². The topological polar surface area (TPSA) is 57.8 Å². The maximum absolute atomic E-state index is 13.1. The molecule has 5 nitrogen and oxygen atoms in total. The van der Waals surface area contributed by atoms with Crippen LogP contribution in [0, 0.1) is 0 Å². The van der Waals surface area contributed by atoms with Gasteiger partial charge in [0.15, 0.2) is 5.69 Å². The molecular weight excluding hydrogens is 326 g/mol. The summed E-state index contributed by atoms with van der Waals surface area (Å²) >= 11 is 0. The van der Waals surface area contributed by atoms with Gasteiger partial charge in [-0.05, 0) is 30.5 Å². The quantitative estimate of drug-likeness (QED) is 0.789. The number of aromatic nitrogens is 2. The summed E-state index contributed by atoms with van der Waals surface area (Å²) < 4.78 is 2.06. The number of imidazole rings is 1. The lowest BCUT2D eigenvalue weighted by Gasteiger charge is -2.49. The molecule has 132 valence electrons. The van der Waals surface area contributed by atoms with Crippen molar-refractivity contribution in [1.82, 2.24) is 14.3 Å². The predicted octanol–water partition coefficient (Wildman–Crippen LogP) is 2.60. The van der Waals surface area contributed by atoms with Crippen molar-refractivity contribution in [2.75, 3.05) is 19.7 Å². The normalized spacial score (nSPS) is 18.7. The molecule has 0 bridgehead atoms. The SMILES string of the molecule is O=C(c1nc(C2CC2)n2ccccc12)N1CC(CO)(c2ccccc2)C1. The highest BCUT2D eigenvalue weighted by Gasteiger charge is 2.47. The minimum absolute atomic E-state index is 0.0397. The standard InChI is InChI=1S/C21H21N3O2/c25-14-21(16-6-2-1-3-7-16)12-23(13-21)20(26)18-17-8-4-5-11-24(17)19(22-18)15-9-10-15/h1-8,11,15,25H,9-10,12-14H2. The van der Waals surface area contributed by atoms with E-state index in [2.05, 4.69) is 4.40 Å². The van der Waals surface area contributed by atoms with Gasteiger partial charge in [0.1, 0.15) is 5.82 Å². The van der Waals surface area contributed by atoms with E-state index in [1.54, 1.807) is 4.90 Å². The molecule has 2 aromatic heterocycles. The highest BCUT2D eigenvalue weighted by molar-refractivity contribution is 5.99. The number of carbonyl (C=O) groups excluding carboxylic acids is 1. The molecule has 3 heterocycles. The van der Waals surface area contributed by atoms with Crippen molar-refractivity contribution in [2.45, 2.75) is 24.2 Å². The molecule has 0 radical (unpaired) electrons. The first-order valence-corrected chi connectivity index (χ1v) is 9.14. The number of aliphatic hydroxyl groups excluding tert-OH is 1. The maximum Gasteiger partial charge on any atom is 0.274 e. The third-order valence-corrected chi connectivity index (χ3v) is 5.68. The Morgan fingerprint density at radius 2 is 1.85 bits per heavy atom. The first-order valence-electron chi connectivity index (χ1n) is 9.14. The van der Waals surface area contributed by atoms with Crippen LogP contribution in [0.4, 0.5) is 0 Å². The van der Waals surface area contributed by atoms with Crippen LogP contribution < -0.4 is 0 Å². The highest BCUT2D eigenvalue weighted by Crippen LogP contribution is 2.41. The molecule has 26 heavy (non-hydrogen) atoms. The Kier molecular flexibility index (Phi) is 3.40. The zero-order valence-electron chi connectivity index (χ0n) is 14.5. The largest absolute Gasteiger partial charge is 0.395 e. The summed E-state index contributed by atoms with van der Waals surface area (Å²) in [5.41, 5.74) is 2.14. The minimum atomic E-state index is -0.355. The molecule has 3 aromatic rings. The Hall–Kier alpha value is -2.66. The summed E-state index contributed by atoms with van der Waals surface area (Å²) in [6.45, 7) is 1.09. The Bertz CT molecular complexity index is 969.